The molecule has 1 unspecified atom stereocenters. The molecule has 0 aliphatic carbocycles. The molecule has 0 saturated heterocycles. The van der Waals surface area contributed by atoms with Gasteiger partial charge in [0.2, 0.25) is 0 Å². The first-order chi connectivity index (χ1) is 6.52. The lowest BCUT2D eigenvalue weighted by Crippen LogP contribution is -2.35. The van der Waals surface area contributed by atoms with Crippen LogP contribution in [0.2, 0.25) is 0 Å². The molecule has 0 aromatic rings. The number of ether oxygens (including phenoxy) is 1. The quantitative estimate of drug-likeness (QED) is 0.587. The van der Waals surface area contributed by atoms with E-state index in [2.05, 4.69) is 11.9 Å². The Labute approximate surface area is 87.0 Å². The molecular weight excluding hydrogens is 180 g/mol. The van der Waals surface area contributed by atoms with Crippen LogP contribution in [0.15, 0.2) is 0 Å². The van der Waals surface area contributed by atoms with Gasteiger partial charge in [-0.25, -0.2) is 0 Å². The van der Waals surface area contributed by atoms with E-state index < -0.39 is 5.60 Å². The maximum Gasteiger partial charge on any atom is 0.0741 e. The minimum atomic E-state index is -0.706. The first-order valence-electron chi connectivity index (χ1n) is 5.12. The molecule has 0 amide bonds. The number of nitrogens with two attached hydrogens (primary N) is 1. The Kier molecular flexibility index (Phi) is 7.09. The number of methoxy groups -OCH3 is 1. The predicted octanol–water partition coefficient (Wildman–Crippen LogP) is 0.0545. The lowest BCUT2D eigenvalue weighted by atomic mass is 10.0. The van der Waals surface area contributed by atoms with Gasteiger partial charge in [0.1, 0.15) is 0 Å². The largest absolute Gasteiger partial charge is 0.389 e. The Morgan fingerprint density at radius 2 is 2.07 bits per heavy atom. The molecule has 0 radical (unpaired) electrons. The summed E-state index contributed by atoms with van der Waals surface area (Å²) in [6.07, 6.45) is 1.71. The first kappa shape index (κ1) is 13.8. The van der Waals surface area contributed by atoms with Crippen LogP contribution in [0.25, 0.3) is 0 Å². The molecular formula is C10H24N2O2. The molecule has 0 aromatic carbocycles. The standard InChI is InChI=1S/C10H24N2O2/c1-10(13,9-11)5-4-6-12(2)7-8-14-3/h13H,4-9,11H2,1-3H3. The second-order valence-corrected chi connectivity index (χ2v) is 4.10. The summed E-state index contributed by atoms with van der Waals surface area (Å²) in [5.41, 5.74) is 4.71. The van der Waals surface area contributed by atoms with E-state index in [1.165, 1.54) is 0 Å². The maximum absolute atomic E-state index is 9.64. The summed E-state index contributed by atoms with van der Waals surface area (Å²) in [7, 11) is 3.75. The third-order valence-electron chi connectivity index (χ3n) is 2.37. The monoisotopic (exact) mass is 204 g/mol. The van der Waals surface area contributed by atoms with E-state index in [4.69, 9.17) is 10.5 Å². The summed E-state index contributed by atoms with van der Waals surface area (Å²) < 4.78 is 4.97. The van der Waals surface area contributed by atoms with Crippen molar-refractivity contribution in [2.45, 2.75) is 25.4 Å². The molecule has 4 heteroatoms. The molecule has 0 fully saturated rings. The summed E-state index contributed by atoms with van der Waals surface area (Å²) >= 11 is 0. The Bertz CT molecular complexity index is 140. The van der Waals surface area contributed by atoms with Crippen LogP contribution in [0.4, 0.5) is 0 Å². The van der Waals surface area contributed by atoms with Crippen molar-refractivity contribution in [3.05, 3.63) is 0 Å². The topological polar surface area (TPSA) is 58.7 Å². The Morgan fingerprint density at radius 1 is 1.43 bits per heavy atom. The lowest BCUT2D eigenvalue weighted by molar-refractivity contribution is 0.0543. The van der Waals surface area contributed by atoms with Gasteiger partial charge < -0.3 is 20.5 Å². The highest BCUT2D eigenvalue weighted by Gasteiger charge is 2.17. The van der Waals surface area contributed by atoms with Gasteiger partial charge >= 0.3 is 0 Å². The molecule has 0 saturated carbocycles. The number of nitrogens with zero attached hydrogens (tertiary/aromatic N) is 1. The summed E-state index contributed by atoms with van der Waals surface area (Å²) in [6, 6.07) is 0. The molecule has 0 aliphatic heterocycles. The van der Waals surface area contributed by atoms with Gasteiger partial charge in [0.05, 0.1) is 12.2 Å². The lowest BCUT2D eigenvalue weighted by Gasteiger charge is -2.22. The van der Waals surface area contributed by atoms with Crippen LogP contribution in [-0.4, -0.2) is 56.0 Å². The van der Waals surface area contributed by atoms with E-state index in [9.17, 15) is 5.11 Å². The third-order valence-corrected chi connectivity index (χ3v) is 2.37. The summed E-state index contributed by atoms with van der Waals surface area (Å²) in [6.45, 7) is 4.77. The molecule has 0 aliphatic rings. The van der Waals surface area contributed by atoms with Gasteiger partial charge in [-0.2, -0.15) is 0 Å². The fourth-order valence-corrected chi connectivity index (χ4v) is 1.19. The highest BCUT2D eigenvalue weighted by atomic mass is 16.5. The van der Waals surface area contributed by atoms with Crippen molar-refractivity contribution in [2.24, 2.45) is 5.73 Å². The Hall–Kier alpha value is -0.160. The van der Waals surface area contributed by atoms with Gasteiger partial charge in [0.25, 0.3) is 0 Å². The van der Waals surface area contributed by atoms with Crippen LogP contribution in [0.3, 0.4) is 0 Å². The third kappa shape index (κ3) is 7.26. The zero-order chi connectivity index (χ0) is 11.0. The zero-order valence-electron chi connectivity index (χ0n) is 9.62. The van der Waals surface area contributed by atoms with Crippen molar-refractivity contribution >= 4 is 0 Å². The normalized spacial score (nSPS) is 15.9. The minimum absolute atomic E-state index is 0.328. The second kappa shape index (κ2) is 7.17. The van der Waals surface area contributed by atoms with Crippen molar-refractivity contribution < 1.29 is 9.84 Å². The molecule has 0 heterocycles. The summed E-state index contributed by atoms with van der Waals surface area (Å²) in [4.78, 5) is 2.19. The minimum Gasteiger partial charge on any atom is -0.389 e. The molecule has 0 rings (SSSR count). The Morgan fingerprint density at radius 3 is 2.57 bits per heavy atom. The van der Waals surface area contributed by atoms with Crippen molar-refractivity contribution in [2.75, 3.05) is 40.4 Å². The van der Waals surface area contributed by atoms with E-state index in [0.717, 1.165) is 32.5 Å². The van der Waals surface area contributed by atoms with Crippen molar-refractivity contribution in [1.29, 1.82) is 0 Å². The highest BCUT2D eigenvalue weighted by molar-refractivity contribution is 4.73. The molecule has 4 nitrogen and oxygen atoms in total. The Balaban J connectivity index is 3.43. The van der Waals surface area contributed by atoms with Crippen LogP contribution < -0.4 is 5.73 Å². The number of likely N-dealkylation sites (N-methyl/N-ethyl adjacent to an activating group) is 1. The fourth-order valence-electron chi connectivity index (χ4n) is 1.19. The van der Waals surface area contributed by atoms with Crippen LogP contribution in [0.1, 0.15) is 19.8 Å². The second-order valence-electron chi connectivity index (χ2n) is 4.10. The van der Waals surface area contributed by atoms with Crippen molar-refractivity contribution in [1.82, 2.24) is 4.90 Å². The number of hydrogen-bond acceptors (Lipinski definition) is 4. The molecule has 0 bridgehead atoms. The fraction of sp³-hybridized carbons (Fsp3) is 1.00. The van der Waals surface area contributed by atoms with Crippen molar-refractivity contribution in [3.63, 3.8) is 0 Å². The number of rotatable bonds is 8. The molecule has 0 aromatic heterocycles. The first-order valence-corrected chi connectivity index (χ1v) is 5.12. The van der Waals surface area contributed by atoms with Crippen LogP contribution >= 0.6 is 0 Å². The smallest absolute Gasteiger partial charge is 0.0741 e. The number of aliphatic hydroxyl groups is 1. The SMILES string of the molecule is COCCN(C)CCCC(C)(O)CN. The van der Waals surface area contributed by atoms with E-state index in [-0.39, 0.29) is 0 Å². The average Bonchev–Trinajstić information content (AvgIpc) is 2.14. The molecule has 1 atom stereocenters. The van der Waals surface area contributed by atoms with Crippen LogP contribution in [-0.2, 0) is 4.74 Å². The van der Waals surface area contributed by atoms with Gasteiger partial charge in [-0.1, -0.05) is 0 Å². The molecule has 14 heavy (non-hydrogen) atoms. The number of hydrogen-bond donors (Lipinski definition) is 2. The maximum atomic E-state index is 9.64. The van der Waals surface area contributed by atoms with Gasteiger partial charge in [-0.05, 0) is 33.4 Å². The van der Waals surface area contributed by atoms with Crippen LogP contribution in [0.5, 0.6) is 0 Å². The van der Waals surface area contributed by atoms with Crippen molar-refractivity contribution in [3.8, 4) is 0 Å². The summed E-state index contributed by atoms with van der Waals surface area (Å²) in [5.74, 6) is 0. The van der Waals surface area contributed by atoms with E-state index in [1.54, 1.807) is 14.0 Å². The van der Waals surface area contributed by atoms with E-state index in [0.29, 0.717) is 6.54 Å². The van der Waals surface area contributed by atoms with Gasteiger partial charge in [0.15, 0.2) is 0 Å². The van der Waals surface area contributed by atoms with Gasteiger partial charge in [-0.3, -0.25) is 0 Å². The summed E-state index contributed by atoms with van der Waals surface area (Å²) in [5, 5.41) is 9.64. The highest BCUT2D eigenvalue weighted by Crippen LogP contribution is 2.09. The molecule has 0 spiro atoms. The molecule has 3 N–H and O–H groups in total. The average molecular weight is 204 g/mol. The van der Waals surface area contributed by atoms with Gasteiger partial charge in [0, 0.05) is 20.2 Å². The van der Waals surface area contributed by atoms with Crippen LogP contribution in [0, 0.1) is 0 Å². The van der Waals surface area contributed by atoms with E-state index in [1.807, 2.05) is 0 Å². The molecule has 86 valence electrons. The zero-order valence-corrected chi connectivity index (χ0v) is 9.62. The van der Waals surface area contributed by atoms with E-state index >= 15 is 0 Å². The van der Waals surface area contributed by atoms with Gasteiger partial charge in [-0.15, -0.1) is 0 Å². The predicted molar refractivity (Wildman–Crippen MR) is 58.3 cm³/mol.